The highest BCUT2D eigenvalue weighted by Gasteiger charge is 2.26. The number of hydrogen-bond donors (Lipinski definition) is 0. The molecule has 0 aromatic carbocycles. The fourth-order valence-corrected chi connectivity index (χ4v) is 2.92. The highest BCUT2D eigenvalue weighted by Crippen LogP contribution is 2.29. The van der Waals surface area contributed by atoms with Crippen molar-refractivity contribution in [1.82, 2.24) is 4.90 Å². The molecule has 2 aliphatic rings. The lowest BCUT2D eigenvalue weighted by molar-refractivity contribution is -0.113. The first-order chi connectivity index (χ1) is 8.81. The molecule has 1 amide bonds. The second kappa shape index (κ2) is 6.95. The van der Waals surface area contributed by atoms with Crippen molar-refractivity contribution in [2.75, 3.05) is 26.3 Å². The average molecular weight is 268 g/mol. The molecule has 0 radical (unpaired) electrons. The molecule has 0 saturated carbocycles. The van der Waals surface area contributed by atoms with E-state index in [2.05, 4.69) is 16.8 Å². The van der Waals surface area contributed by atoms with E-state index in [1.54, 1.807) is 0 Å². The monoisotopic (exact) mass is 268 g/mol. The number of amidine groups is 1. The molecule has 0 aliphatic carbocycles. The van der Waals surface area contributed by atoms with E-state index in [0.717, 1.165) is 49.2 Å². The van der Waals surface area contributed by atoms with Crippen molar-refractivity contribution in [2.24, 2.45) is 4.99 Å². The van der Waals surface area contributed by atoms with E-state index in [1.165, 1.54) is 24.6 Å². The van der Waals surface area contributed by atoms with E-state index >= 15 is 0 Å². The molecule has 100 valence electrons. The third-order valence-electron chi connectivity index (χ3n) is 3.03. The first kappa shape index (κ1) is 13.6. The van der Waals surface area contributed by atoms with Crippen molar-refractivity contribution in [3.63, 3.8) is 0 Å². The Morgan fingerprint density at radius 3 is 2.89 bits per heavy atom. The number of hydrogen-bond acceptors (Lipinski definition) is 4. The molecule has 2 heterocycles. The fourth-order valence-electron chi connectivity index (χ4n) is 1.95. The summed E-state index contributed by atoms with van der Waals surface area (Å²) in [4.78, 5) is 18.8. The van der Waals surface area contributed by atoms with Crippen molar-refractivity contribution in [3.8, 4) is 0 Å². The predicted octanol–water partition coefficient (Wildman–Crippen LogP) is 2.41. The van der Waals surface area contributed by atoms with Gasteiger partial charge in [0, 0.05) is 13.1 Å². The highest BCUT2D eigenvalue weighted by atomic mass is 32.2. The predicted molar refractivity (Wildman–Crippen MR) is 74.7 cm³/mol. The minimum atomic E-state index is -0.0713. The summed E-state index contributed by atoms with van der Waals surface area (Å²) in [6.07, 6.45) is 6.60. The third kappa shape index (κ3) is 3.59. The van der Waals surface area contributed by atoms with Crippen molar-refractivity contribution >= 4 is 22.8 Å². The minimum absolute atomic E-state index is 0.0713. The molecule has 0 aromatic rings. The SMILES string of the molecule is CCCCCC=C1SC(N2CCOCC2)=NC1=O. The summed E-state index contributed by atoms with van der Waals surface area (Å²) >= 11 is 1.52. The standard InChI is InChI=1S/C13H20N2O2S/c1-2-3-4-5-6-11-12(16)14-13(18-11)15-7-9-17-10-8-15/h6H,2-5,7-10H2,1H3. The Balaban J connectivity index is 1.85. The number of morpholine rings is 1. The van der Waals surface area contributed by atoms with Crippen molar-refractivity contribution < 1.29 is 9.53 Å². The van der Waals surface area contributed by atoms with Crippen molar-refractivity contribution in [2.45, 2.75) is 32.6 Å². The second-order valence-electron chi connectivity index (χ2n) is 4.47. The smallest absolute Gasteiger partial charge is 0.285 e. The molecule has 2 aliphatic heterocycles. The summed E-state index contributed by atoms with van der Waals surface area (Å²) < 4.78 is 5.30. The minimum Gasteiger partial charge on any atom is -0.378 e. The van der Waals surface area contributed by atoms with Gasteiger partial charge in [-0.3, -0.25) is 4.79 Å². The van der Waals surface area contributed by atoms with E-state index in [1.807, 2.05) is 6.08 Å². The van der Waals surface area contributed by atoms with Crippen LogP contribution in [-0.4, -0.2) is 42.3 Å². The first-order valence-electron chi connectivity index (χ1n) is 6.65. The van der Waals surface area contributed by atoms with Gasteiger partial charge in [0.25, 0.3) is 5.91 Å². The van der Waals surface area contributed by atoms with Gasteiger partial charge in [-0.05, 0) is 24.6 Å². The van der Waals surface area contributed by atoms with Crippen LogP contribution in [-0.2, 0) is 9.53 Å². The van der Waals surface area contributed by atoms with Gasteiger partial charge >= 0.3 is 0 Å². The van der Waals surface area contributed by atoms with Crippen LogP contribution >= 0.6 is 11.8 Å². The summed E-state index contributed by atoms with van der Waals surface area (Å²) in [6.45, 7) is 5.30. The number of unbranched alkanes of at least 4 members (excludes halogenated alkanes) is 3. The Bertz CT molecular complexity index is 360. The van der Waals surface area contributed by atoms with Crippen LogP contribution in [0.2, 0.25) is 0 Å². The zero-order valence-corrected chi connectivity index (χ0v) is 11.7. The average Bonchev–Trinajstić information content (AvgIpc) is 2.77. The number of carbonyl (C=O) groups is 1. The molecule has 0 bridgehead atoms. The Kier molecular flexibility index (Phi) is 5.26. The molecule has 4 nitrogen and oxygen atoms in total. The van der Waals surface area contributed by atoms with Crippen LogP contribution in [0.5, 0.6) is 0 Å². The number of thioether (sulfide) groups is 1. The van der Waals surface area contributed by atoms with Gasteiger partial charge in [-0.1, -0.05) is 25.8 Å². The number of allylic oxidation sites excluding steroid dienone is 1. The second-order valence-corrected chi connectivity index (χ2v) is 5.47. The maximum atomic E-state index is 11.8. The van der Waals surface area contributed by atoms with Crippen LogP contribution in [0.1, 0.15) is 32.6 Å². The zero-order valence-electron chi connectivity index (χ0n) is 10.9. The van der Waals surface area contributed by atoms with Gasteiger partial charge in [0.2, 0.25) is 0 Å². The summed E-state index contributed by atoms with van der Waals surface area (Å²) in [5.41, 5.74) is 0. The molecule has 1 fully saturated rings. The lowest BCUT2D eigenvalue weighted by atomic mass is 10.2. The molecule has 1 saturated heterocycles. The molecule has 18 heavy (non-hydrogen) atoms. The van der Waals surface area contributed by atoms with Crippen LogP contribution in [0, 0.1) is 0 Å². The molecular formula is C13H20N2O2S. The van der Waals surface area contributed by atoms with Gasteiger partial charge in [-0.25, -0.2) is 0 Å². The molecule has 0 N–H and O–H groups in total. The number of rotatable bonds is 4. The van der Waals surface area contributed by atoms with E-state index in [-0.39, 0.29) is 5.91 Å². The molecule has 5 heteroatoms. The normalized spacial score (nSPS) is 22.7. The maximum absolute atomic E-state index is 11.8. The van der Waals surface area contributed by atoms with E-state index < -0.39 is 0 Å². The summed E-state index contributed by atoms with van der Waals surface area (Å²) in [7, 11) is 0. The lowest BCUT2D eigenvalue weighted by Gasteiger charge is -2.27. The van der Waals surface area contributed by atoms with Crippen molar-refractivity contribution in [1.29, 1.82) is 0 Å². The van der Waals surface area contributed by atoms with Crippen LogP contribution in [0.4, 0.5) is 0 Å². The number of ether oxygens (including phenoxy) is 1. The van der Waals surface area contributed by atoms with Crippen LogP contribution < -0.4 is 0 Å². The molecule has 0 atom stereocenters. The van der Waals surface area contributed by atoms with Gasteiger partial charge in [0.15, 0.2) is 5.17 Å². The first-order valence-corrected chi connectivity index (χ1v) is 7.46. The number of aliphatic imine (C=N–C) groups is 1. The molecule has 2 rings (SSSR count). The summed E-state index contributed by atoms with van der Waals surface area (Å²) in [5.74, 6) is -0.0713. The number of carbonyl (C=O) groups excluding carboxylic acids is 1. The Morgan fingerprint density at radius 1 is 1.39 bits per heavy atom. The van der Waals surface area contributed by atoms with E-state index in [9.17, 15) is 4.79 Å². The molecular weight excluding hydrogens is 248 g/mol. The Hall–Kier alpha value is -0.810. The largest absolute Gasteiger partial charge is 0.378 e. The third-order valence-corrected chi connectivity index (χ3v) is 4.12. The quantitative estimate of drug-likeness (QED) is 0.580. The van der Waals surface area contributed by atoms with Crippen LogP contribution in [0.15, 0.2) is 16.0 Å². The lowest BCUT2D eigenvalue weighted by Crippen LogP contribution is -2.38. The Labute approximate surface area is 112 Å². The maximum Gasteiger partial charge on any atom is 0.285 e. The van der Waals surface area contributed by atoms with E-state index in [0.29, 0.717) is 0 Å². The number of nitrogens with zero attached hydrogens (tertiary/aromatic N) is 2. The Morgan fingerprint density at radius 2 is 2.17 bits per heavy atom. The van der Waals surface area contributed by atoms with Crippen LogP contribution in [0.25, 0.3) is 0 Å². The molecule has 0 spiro atoms. The van der Waals surface area contributed by atoms with Gasteiger partial charge in [0.05, 0.1) is 18.1 Å². The summed E-state index contributed by atoms with van der Waals surface area (Å²) in [5, 5.41) is 0.852. The van der Waals surface area contributed by atoms with Gasteiger partial charge in [0.1, 0.15) is 0 Å². The van der Waals surface area contributed by atoms with Gasteiger partial charge < -0.3 is 9.64 Å². The summed E-state index contributed by atoms with van der Waals surface area (Å²) in [6, 6.07) is 0. The van der Waals surface area contributed by atoms with Gasteiger partial charge in [-0.2, -0.15) is 4.99 Å². The molecule has 0 aromatic heterocycles. The number of amides is 1. The fraction of sp³-hybridized carbons (Fsp3) is 0.692. The van der Waals surface area contributed by atoms with Gasteiger partial charge in [-0.15, -0.1) is 0 Å². The zero-order chi connectivity index (χ0) is 12.8. The highest BCUT2D eigenvalue weighted by molar-refractivity contribution is 8.18. The van der Waals surface area contributed by atoms with Crippen molar-refractivity contribution in [3.05, 3.63) is 11.0 Å². The van der Waals surface area contributed by atoms with E-state index in [4.69, 9.17) is 4.74 Å². The molecule has 0 unspecified atom stereocenters. The van der Waals surface area contributed by atoms with Crippen LogP contribution in [0.3, 0.4) is 0 Å². The topological polar surface area (TPSA) is 41.9 Å².